The Morgan fingerprint density at radius 3 is 2.67 bits per heavy atom. The number of rotatable bonds is 4. The van der Waals surface area contributed by atoms with Gasteiger partial charge < -0.3 is 9.84 Å². The normalized spacial score (nSPS) is 19.4. The summed E-state index contributed by atoms with van der Waals surface area (Å²) in [5.41, 5.74) is -0.110. The molecule has 7 nitrogen and oxygen atoms in total. The van der Waals surface area contributed by atoms with Gasteiger partial charge in [0.15, 0.2) is 0 Å². The van der Waals surface area contributed by atoms with E-state index >= 15 is 0 Å². The molecule has 0 bridgehead atoms. The molecule has 0 aliphatic carbocycles. The Hall–Kier alpha value is -1.58. The molecule has 0 amide bonds. The van der Waals surface area contributed by atoms with Crippen molar-refractivity contribution >= 4 is 33.7 Å². The number of carboxylic acids is 1. The average molecular weight is 331 g/mol. The number of esters is 1. The number of nitrogens with zero attached hydrogens (tertiary/aromatic N) is 1. The molecule has 1 atom stereocenters. The molecule has 1 N–H and O–H groups in total. The van der Waals surface area contributed by atoms with E-state index in [2.05, 4.69) is 4.74 Å². The van der Waals surface area contributed by atoms with Crippen molar-refractivity contribution in [1.29, 1.82) is 0 Å². The van der Waals surface area contributed by atoms with Crippen LogP contribution < -0.4 is 0 Å². The second-order valence-electron chi connectivity index (χ2n) is 4.23. The van der Waals surface area contributed by atoms with Crippen LogP contribution in [0.15, 0.2) is 29.2 Å². The fourth-order valence-electron chi connectivity index (χ4n) is 1.96. The highest BCUT2D eigenvalue weighted by Crippen LogP contribution is 2.30. The number of benzene rings is 1. The maximum absolute atomic E-state index is 12.6. The van der Waals surface area contributed by atoms with Gasteiger partial charge in [0.25, 0.3) is 0 Å². The number of thioether (sulfide) groups is 1. The Morgan fingerprint density at radius 2 is 2.05 bits per heavy atom. The number of hydrogen-bond acceptors (Lipinski definition) is 6. The minimum atomic E-state index is -4.09. The predicted molar refractivity (Wildman–Crippen MR) is 75.6 cm³/mol. The molecule has 1 aliphatic rings. The molecule has 1 aromatic carbocycles. The van der Waals surface area contributed by atoms with E-state index in [4.69, 9.17) is 5.11 Å². The Morgan fingerprint density at radius 1 is 1.38 bits per heavy atom. The summed E-state index contributed by atoms with van der Waals surface area (Å²) in [5, 5.41) is 9.11. The summed E-state index contributed by atoms with van der Waals surface area (Å²) in [4.78, 5) is 22.6. The molecule has 2 rings (SSSR count). The van der Waals surface area contributed by atoms with E-state index in [0.717, 1.165) is 11.4 Å². The van der Waals surface area contributed by atoms with E-state index in [0.29, 0.717) is 0 Å². The summed E-state index contributed by atoms with van der Waals surface area (Å²) in [6.45, 7) is 0. The molecule has 0 unspecified atom stereocenters. The van der Waals surface area contributed by atoms with Crippen molar-refractivity contribution in [3.8, 4) is 0 Å². The Kier molecular flexibility index (Phi) is 4.55. The smallest absolute Gasteiger partial charge is 0.339 e. The van der Waals surface area contributed by atoms with Crippen LogP contribution in [-0.2, 0) is 19.6 Å². The number of hydrogen-bond donors (Lipinski definition) is 1. The molecular formula is C12H13NO6S2. The Labute approximate surface area is 125 Å². The molecule has 1 aromatic rings. The van der Waals surface area contributed by atoms with Crippen molar-refractivity contribution in [3.05, 3.63) is 29.8 Å². The standard InChI is InChI=1S/C12H13NO6S2/c1-19-12(16)8-4-2-3-5-10(8)21(17,18)13-7-20-6-9(13)11(14)15/h2-5,9H,6-7H2,1H3,(H,14,15)/t9-/m0/s1. The largest absolute Gasteiger partial charge is 0.480 e. The molecule has 1 saturated heterocycles. The summed E-state index contributed by atoms with van der Waals surface area (Å²) in [6.07, 6.45) is 0. The van der Waals surface area contributed by atoms with Crippen LogP contribution in [-0.4, -0.2) is 54.5 Å². The van der Waals surface area contributed by atoms with Gasteiger partial charge in [-0.2, -0.15) is 4.31 Å². The second kappa shape index (κ2) is 6.04. The number of aliphatic carboxylic acids is 1. The molecule has 0 spiro atoms. The lowest BCUT2D eigenvalue weighted by Crippen LogP contribution is -2.42. The minimum Gasteiger partial charge on any atom is -0.480 e. The first-order chi connectivity index (χ1) is 9.89. The van der Waals surface area contributed by atoms with Gasteiger partial charge in [0, 0.05) is 5.75 Å². The highest BCUT2D eigenvalue weighted by molar-refractivity contribution is 8.00. The topological polar surface area (TPSA) is 101 Å². The Bertz CT molecular complexity index is 672. The molecule has 21 heavy (non-hydrogen) atoms. The first kappa shape index (κ1) is 15.8. The van der Waals surface area contributed by atoms with Crippen molar-refractivity contribution in [1.82, 2.24) is 4.31 Å². The summed E-state index contributed by atoms with van der Waals surface area (Å²) >= 11 is 1.21. The van der Waals surface area contributed by atoms with Gasteiger partial charge in [0.2, 0.25) is 10.0 Å². The van der Waals surface area contributed by atoms with Gasteiger partial charge in [-0.1, -0.05) is 12.1 Å². The highest BCUT2D eigenvalue weighted by atomic mass is 32.2. The lowest BCUT2D eigenvalue weighted by atomic mass is 10.2. The number of sulfonamides is 1. The molecule has 0 aromatic heterocycles. The van der Waals surface area contributed by atoms with Crippen molar-refractivity contribution in [2.75, 3.05) is 18.7 Å². The third-order valence-electron chi connectivity index (χ3n) is 3.01. The van der Waals surface area contributed by atoms with E-state index in [9.17, 15) is 18.0 Å². The van der Waals surface area contributed by atoms with Gasteiger partial charge in [0.05, 0.1) is 23.4 Å². The zero-order chi connectivity index (χ0) is 15.6. The zero-order valence-electron chi connectivity index (χ0n) is 11.1. The lowest BCUT2D eigenvalue weighted by Gasteiger charge is -2.21. The number of carbonyl (C=O) groups is 2. The summed E-state index contributed by atoms with van der Waals surface area (Å²) in [7, 11) is -2.94. The molecule has 114 valence electrons. The second-order valence-corrected chi connectivity index (χ2v) is 7.09. The first-order valence-electron chi connectivity index (χ1n) is 5.89. The Balaban J connectivity index is 2.50. The fourth-order valence-corrected chi connectivity index (χ4v) is 5.27. The quantitative estimate of drug-likeness (QED) is 0.807. The number of carbonyl (C=O) groups excluding carboxylic acids is 1. The van der Waals surface area contributed by atoms with Crippen LogP contribution in [0.5, 0.6) is 0 Å². The molecule has 1 aliphatic heterocycles. The van der Waals surface area contributed by atoms with Crippen LogP contribution >= 0.6 is 11.8 Å². The molecule has 0 radical (unpaired) electrons. The average Bonchev–Trinajstić information content (AvgIpc) is 2.97. The van der Waals surface area contributed by atoms with Crippen LogP contribution in [0.3, 0.4) is 0 Å². The van der Waals surface area contributed by atoms with Crippen molar-refractivity contribution in [2.45, 2.75) is 10.9 Å². The predicted octanol–water partition coefficient (Wildman–Crippen LogP) is 0.621. The maximum Gasteiger partial charge on any atom is 0.339 e. The summed E-state index contributed by atoms with van der Waals surface area (Å²) in [6, 6.07) is 4.45. The van der Waals surface area contributed by atoms with Crippen LogP contribution in [0.2, 0.25) is 0 Å². The first-order valence-corrected chi connectivity index (χ1v) is 8.49. The third-order valence-corrected chi connectivity index (χ3v) is 6.09. The van der Waals surface area contributed by atoms with Gasteiger partial charge in [-0.15, -0.1) is 11.8 Å². The van der Waals surface area contributed by atoms with Crippen LogP contribution in [0, 0.1) is 0 Å². The highest BCUT2D eigenvalue weighted by Gasteiger charge is 2.41. The summed E-state index contributed by atoms with van der Waals surface area (Å²) < 4.78 is 30.7. The summed E-state index contributed by atoms with van der Waals surface area (Å²) in [5.74, 6) is -1.78. The van der Waals surface area contributed by atoms with Gasteiger partial charge in [-0.25, -0.2) is 13.2 Å². The number of methoxy groups -OCH3 is 1. The van der Waals surface area contributed by atoms with E-state index in [1.54, 1.807) is 0 Å². The van der Waals surface area contributed by atoms with Gasteiger partial charge >= 0.3 is 11.9 Å². The van der Waals surface area contributed by atoms with Crippen molar-refractivity contribution < 1.29 is 27.9 Å². The molecule has 1 fully saturated rings. The fraction of sp³-hybridized carbons (Fsp3) is 0.333. The zero-order valence-corrected chi connectivity index (χ0v) is 12.7. The van der Waals surface area contributed by atoms with Gasteiger partial charge in [-0.3, -0.25) is 4.79 Å². The maximum atomic E-state index is 12.6. The molecule has 1 heterocycles. The number of carboxylic acid groups (broad SMARTS) is 1. The van der Waals surface area contributed by atoms with Crippen LogP contribution in [0.1, 0.15) is 10.4 Å². The van der Waals surface area contributed by atoms with Crippen LogP contribution in [0.25, 0.3) is 0 Å². The van der Waals surface area contributed by atoms with Crippen LogP contribution in [0.4, 0.5) is 0 Å². The number of ether oxygens (including phenoxy) is 1. The van der Waals surface area contributed by atoms with E-state index in [1.165, 1.54) is 36.0 Å². The molecule has 0 saturated carbocycles. The van der Waals surface area contributed by atoms with Crippen molar-refractivity contribution in [2.24, 2.45) is 0 Å². The SMILES string of the molecule is COC(=O)c1ccccc1S(=O)(=O)N1CSC[C@H]1C(=O)O. The van der Waals surface area contributed by atoms with Crippen molar-refractivity contribution in [3.63, 3.8) is 0 Å². The van der Waals surface area contributed by atoms with Gasteiger partial charge in [-0.05, 0) is 12.1 Å². The van der Waals surface area contributed by atoms with E-state index in [1.807, 2.05) is 0 Å². The van der Waals surface area contributed by atoms with E-state index < -0.39 is 28.0 Å². The molecule has 9 heteroatoms. The lowest BCUT2D eigenvalue weighted by molar-refractivity contribution is -0.140. The molecular weight excluding hydrogens is 318 g/mol. The minimum absolute atomic E-state index is 0.0365. The van der Waals surface area contributed by atoms with E-state index in [-0.39, 0.29) is 22.1 Å². The monoisotopic (exact) mass is 331 g/mol. The van der Waals surface area contributed by atoms with Gasteiger partial charge in [0.1, 0.15) is 6.04 Å². The third kappa shape index (κ3) is 2.89.